The Morgan fingerprint density at radius 3 is 2.43 bits per heavy atom. The lowest BCUT2D eigenvalue weighted by molar-refractivity contribution is 0.184. The summed E-state index contributed by atoms with van der Waals surface area (Å²) in [5.41, 5.74) is 2.91. The Labute approximate surface area is 133 Å². The minimum Gasteiger partial charge on any atom is -0.497 e. The molecular weight excluding hydrogens is 294 g/mol. The van der Waals surface area contributed by atoms with Crippen molar-refractivity contribution in [3.05, 3.63) is 48.4 Å². The van der Waals surface area contributed by atoms with E-state index in [2.05, 4.69) is 9.97 Å². The summed E-state index contributed by atoms with van der Waals surface area (Å²) < 4.78 is 11.7. The van der Waals surface area contributed by atoms with Gasteiger partial charge in [0.15, 0.2) is 5.82 Å². The van der Waals surface area contributed by atoms with Crippen LogP contribution in [0.2, 0.25) is 0 Å². The first-order chi connectivity index (χ1) is 11.2. The molecule has 0 unspecified atom stereocenters. The van der Waals surface area contributed by atoms with Crippen molar-refractivity contribution < 1.29 is 14.7 Å². The molecule has 6 nitrogen and oxygen atoms in total. The molecule has 0 bridgehead atoms. The van der Waals surface area contributed by atoms with Crippen molar-refractivity contribution in [1.29, 1.82) is 0 Å². The van der Waals surface area contributed by atoms with Crippen molar-refractivity contribution in [2.24, 2.45) is 0 Å². The van der Waals surface area contributed by atoms with Gasteiger partial charge in [-0.15, -0.1) is 0 Å². The Hall–Kier alpha value is -3.02. The monoisotopic (exact) mass is 311 g/mol. The predicted octanol–water partition coefficient (Wildman–Crippen LogP) is 3.18. The van der Waals surface area contributed by atoms with Gasteiger partial charge in [0.1, 0.15) is 11.5 Å². The normalized spacial score (nSPS) is 10.6. The van der Waals surface area contributed by atoms with Crippen LogP contribution >= 0.6 is 0 Å². The zero-order valence-corrected chi connectivity index (χ0v) is 13.1. The average Bonchev–Trinajstić information content (AvgIpc) is 2.90. The van der Waals surface area contributed by atoms with Gasteiger partial charge in [-0.05, 0) is 31.2 Å². The van der Waals surface area contributed by atoms with Gasteiger partial charge in [-0.25, -0.2) is 4.98 Å². The molecule has 0 aliphatic rings. The number of aromatic nitrogens is 3. The Bertz CT molecular complexity index is 829. The summed E-state index contributed by atoms with van der Waals surface area (Å²) in [5, 5.41) is 10.4. The lowest BCUT2D eigenvalue weighted by Gasteiger charge is -2.09. The fourth-order valence-electron chi connectivity index (χ4n) is 2.43. The molecule has 6 heteroatoms. The standard InChI is InChI=1S/C17H17N3O3/c1-11-16(12-6-8-18-9-7-12)19-17(20(11)21)14-5-4-13(22-2)10-15(14)23-3/h4-10,21H,1-3H3. The van der Waals surface area contributed by atoms with E-state index in [9.17, 15) is 5.21 Å². The van der Waals surface area contributed by atoms with E-state index in [1.165, 1.54) is 0 Å². The highest BCUT2D eigenvalue weighted by Crippen LogP contribution is 2.35. The van der Waals surface area contributed by atoms with Crippen LogP contribution in [-0.4, -0.2) is 34.1 Å². The number of benzene rings is 1. The highest BCUT2D eigenvalue weighted by molar-refractivity contribution is 5.71. The smallest absolute Gasteiger partial charge is 0.179 e. The molecule has 118 valence electrons. The number of methoxy groups -OCH3 is 2. The maximum absolute atomic E-state index is 10.4. The Morgan fingerprint density at radius 2 is 1.78 bits per heavy atom. The van der Waals surface area contributed by atoms with Crippen molar-refractivity contribution >= 4 is 0 Å². The summed E-state index contributed by atoms with van der Waals surface area (Å²) in [5.74, 6) is 1.66. The molecule has 0 radical (unpaired) electrons. The number of hydrogen-bond acceptors (Lipinski definition) is 5. The molecule has 0 saturated heterocycles. The SMILES string of the molecule is COc1ccc(-c2nc(-c3ccncc3)c(C)n2O)c(OC)c1. The summed E-state index contributed by atoms with van der Waals surface area (Å²) in [7, 11) is 3.16. The molecule has 2 heterocycles. The largest absolute Gasteiger partial charge is 0.497 e. The van der Waals surface area contributed by atoms with E-state index in [1.807, 2.05) is 25.1 Å². The summed E-state index contributed by atoms with van der Waals surface area (Å²) >= 11 is 0. The van der Waals surface area contributed by atoms with E-state index in [0.717, 1.165) is 10.3 Å². The van der Waals surface area contributed by atoms with Crippen LogP contribution in [0, 0.1) is 6.92 Å². The minimum atomic E-state index is 0.411. The number of nitrogens with zero attached hydrogens (tertiary/aromatic N) is 3. The first-order valence-corrected chi connectivity index (χ1v) is 7.07. The molecule has 0 amide bonds. The highest BCUT2D eigenvalue weighted by atomic mass is 16.5. The molecule has 1 N–H and O–H groups in total. The molecule has 3 rings (SSSR count). The van der Waals surface area contributed by atoms with Crippen LogP contribution in [0.1, 0.15) is 5.69 Å². The lowest BCUT2D eigenvalue weighted by atomic mass is 10.1. The maximum Gasteiger partial charge on any atom is 0.179 e. The zero-order valence-electron chi connectivity index (χ0n) is 13.1. The zero-order chi connectivity index (χ0) is 16.4. The molecule has 1 aromatic carbocycles. The number of ether oxygens (including phenoxy) is 2. The van der Waals surface area contributed by atoms with Crippen LogP contribution < -0.4 is 9.47 Å². The van der Waals surface area contributed by atoms with Crippen LogP contribution in [0.5, 0.6) is 11.5 Å². The first-order valence-electron chi connectivity index (χ1n) is 7.07. The van der Waals surface area contributed by atoms with E-state index in [4.69, 9.17) is 9.47 Å². The van der Waals surface area contributed by atoms with Gasteiger partial charge in [0.25, 0.3) is 0 Å². The van der Waals surface area contributed by atoms with Gasteiger partial charge < -0.3 is 14.7 Å². The van der Waals surface area contributed by atoms with Crippen molar-refractivity contribution in [3.63, 3.8) is 0 Å². The third-order valence-corrected chi connectivity index (χ3v) is 3.68. The van der Waals surface area contributed by atoms with E-state index >= 15 is 0 Å². The third-order valence-electron chi connectivity index (χ3n) is 3.68. The van der Waals surface area contributed by atoms with Gasteiger partial charge in [0, 0.05) is 24.0 Å². The van der Waals surface area contributed by atoms with E-state index in [1.54, 1.807) is 38.7 Å². The van der Waals surface area contributed by atoms with Crippen LogP contribution in [0.3, 0.4) is 0 Å². The van der Waals surface area contributed by atoms with Crippen LogP contribution in [0.15, 0.2) is 42.7 Å². The molecule has 3 aromatic rings. The highest BCUT2D eigenvalue weighted by Gasteiger charge is 2.19. The van der Waals surface area contributed by atoms with Crippen LogP contribution in [-0.2, 0) is 0 Å². The van der Waals surface area contributed by atoms with Gasteiger partial charge in [0.05, 0.1) is 31.2 Å². The molecule has 0 fully saturated rings. The Balaban J connectivity index is 2.15. The van der Waals surface area contributed by atoms with Crippen molar-refractivity contribution in [3.8, 4) is 34.1 Å². The fraction of sp³-hybridized carbons (Fsp3) is 0.176. The number of pyridine rings is 1. The Morgan fingerprint density at radius 1 is 1.04 bits per heavy atom. The number of hydrogen-bond donors (Lipinski definition) is 1. The molecule has 0 aliphatic heterocycles. The summed E-state index contributed by atoms with van der Waals surface area (Å²) in [4.78, 5) is 8.58. The van der Waals surface area contributed by atoms with Crippen LogP contribution in [0.25, 0.3) is 22.6 Å². The van der Waals surface area contributed by atoms with Gasteiger partial charge >= 0.3 is 0 Å². The number of rotatable bonds is 4. The molecule has 0 saturated carbocycles. The van der Waals surface area contributed by atoms with E-state index in [-0.39, 0.29) is 0 Å². The van der Waals surface area contributed by atoms with Gasteiger partial charge in [-0.3, -0.25) is 4.98 Å². The van der Waals surface area contributed by atoms with Gasteiger partial charge in [-0.1, -0.05) is 0 Å². The molecule has 2 aromatic heterocycles. The summed E-state index contributed by atoms with van der Waals surface area (Å²) in [6.07, 6.45) is 3.39. The fourth-order valence-corrected chi connectivity index (χ4v) is 2.43. The Kier molecular flexibility index (Phi) is 3.89. The van der Waals surface area contributed by atoms with Gasteiger partial charge in [0.2, 0.25) is 0 Å². The lowest BCUT2D eigenvalue weighted by Crippen LogP contribution is -1.98. The van der Waals surface area contributed by atoms with Crippen molar-refractivity contribution in [2.45, 2.75) is 6.92 Å². The second-order valence-electron chi connectivity index (χ2n) is 4.98. The average molecular weight is 311 g/mol. The second-order valence-corrected chi connectivity index (χ2v) is 4.98. The molecular formula is C17H17N3O3. The van der Waals surface area contributed by atoms with E-state index < -0.39 is 0 Å². The summed E-state index contributed by atoms with van der Waals surface area (Å²) in [6, 6.07) is 9.07. The van der Waals surface area contributed by atoms with Crippen molar-refractivity contribution in [2.75, 3.05) is 14.2 Å². The van der Waals surface area contributed by atoms with Gasteiger partial charge in [-0.2, -0.15) is 4.73 Å². The number of imidazole rings is 1. The first kappa shape index (κ1) is 14.9. The second kappa shape index (κ2) is 6.00. The van der Waals surface area contributed by atoms with E-state index in [0.29, 0.717) is 34.3 Å². The molecule has 0 atom stereocenters. The topological polar surface area (TPSA) is 69.4 Å². The molecule has 23 heavy (non-hydrogen) atoms. The van der Waals surface area contributed by atoms with Crippen LogP contribution in [0.4, 0.5) is 0 Å². The third kappa shape index (κ3) is 2.59. The molecule has 0 aliphatic carbocycles. The van der Waals surface area contributed by atoms with Crippen molar-refractivity contribution in [1.82, 2.24) is 14.7 Å². The predicted molar refractivity (Wildman–Crippen MR) is 85.9 cm³/mol. The quantitative estimate of drug-likeness (QED) is 0.749. The minimum absolute atomic E-state index is 0.411. The summed E-state index contributed by atoms with van der Waals surface area (Å²) in [6.45, 7) is 1.81. The molecule has 0 spiro atoms. The maximum atomic E-state index is 10.4.